The number of fused-ring (bicyclic) bond motifs is 1. The Balaban J connectivity index is 1.74. The van der Waals surface area contributed by atoms with Crippen LogP contribution >= 0.6 is 0 Å². The highest BCUT2D eigenvalue weighted by Gasteiger charge is 2.24. The van der Waals surface area contributed by atoms with E-state index in [0.717, 1.165) is 5.56 Å². The highest BCUT2D eigenvalue weighted by molar-refractivity contribution is 5.97. The highest BCUT2D eigenvalue weighted by atomic mass is 16.4. The van der Waals surface area contributed by atoms with Gasteiger partial charge >= 0.3 is 0 Å². The first kappa shape index (κ1) is 20.8. The molecule has 7 heteroatoms. The van der Waals surface area contributed by atoms with Crippen LogP contribution in [0.3, 0.4) is 0 Å². The van der Waals surface area contributed by atoms with Gasteiger partial charge in [-0.05, 0) is 36.1 Å². The maximum absolute atomic E-state index is 13.1. The summed E-state index contributed by atoms with van der Waals surface area (Å²) < 4.78 is 5.33. The lowest BCUT2D eigenvalue weighted by molar-refractivity contribution is 0.0545. The molecule has 0 aliphatic rings. The molecule has 0 radical (unpaired) electrons. The molecule has 1 aromatic heterocycles. The van der Waals surface area contributed by atoms with E-state index < -0.39 is 12.1 Å². The summed E-state index contributed by atoms with van der Waals surface area (Å²) in [4.78, 5) is 18.8. The number of rotatable bonds is 8. The van der Waals surface area contributed by atoms with Crippen LogP contribution in [0.25, 0.3) is 11.1 Å². The molecule has 7 nitrogen and oxygen atoms in total. The van der Waals surface area contributed by atoms with E-state index in [1.54, 1.807) is 23.1 Å². The molecule has 0 aliphatic heterocycles. The van der Waals surface area contributed by atoms with Gasteiger partial charge in [0.25, 0.3) is 11.9 Å². The number of aliphatic hydroxyl groups is 1. The molecule has 2 atom stereocenters. The van der Waals surface area contributed by atoms with Crippen molar-refractivity contribution in [3.8, 4) is 0 Å². The number of anilines is 1. The van der Waals surface area contributed by atoms with Crippen LogP contribution < -0.4 is 11.5 Å². The average Bonchev–Trinajstić information content (AvgIpc) is 3.06. The van der Waals surface area contributed by atoms with Gasteiger partial charge in [0.05, 0.1) is 6.10 Å². The van der Waals surface area contributed by atoms with E-state index in [1.807, 2.05) is 44.2 Å². The molecule has 0 unspecified atom stereocenters. The lowest BCUT2D eigenvalue weighted by Gasteiger charge is -2.29. The number of nitrogens with zero attached hydrogens (tertiary/aromatic N) is 2. The van der Waals surface area contributed by atoms with Crippen LogP contribution in [0, 0.1) is 5.92 Å². The SMILES string of the molecule is CC(C)CN(C[C@@H](O)[C@@H](N)Cc1ccccc1)C(=O)c1ccc2nc(N)oc2c1. The maximum Gasteiger partial charge on any atom is 0.292 e. The normalized spacial score (nSPS) is 13.6. The van der Waals surface area contributed by atoms with E-state index in [2.05, 4.69) is 4.98 Å². The Labute approximate surface area is 170 Å². The van der Waals surface area contributed by atoms with E-state index >= 15 is 0 Å². The summed E-state index contributed by atoms with van der Waals surface area (Å²) >= 11 is 0. The van der Waals surface area contributed by atoms with Crippen molar-refractivity contribution >= 4 is 23.0 Å². The zero-order chi connectivity index (χ0) is 21.0. The van der Waals surface area contributed by atoms with E-state index in [-0.39, 0.29) is 24.4 Å². The van der Waals surface area contributed by atoms with Gasteiger partial charge < -0.3 is 25.9 Å². The molecule has 154 valence electrons. The Bertz CT molecular complexity index is 955. The molecule has 5 N–H and O–H groups in total. The number of aromatic nitrogens is 1. The monoisotopic (exact) mass is 396 g/mol. The van der Waals surface area contributed by atoms with Crippen LogP contribution in [0.2, 0.25) is 0 Å². The molecule has 3 rings (SSSR count). The highest BCUT2D eigenvalue weighted by Crippen LogP contribution is 2.20. The van der Waals surface area contributed by atoms with Crippen LogP contribution in [-0.4, -0.2) is 46.1 Å². The molecule has 0 aliphatic carbocycles. The number of nitrogens with two attached hydrogens (primary N) is 2. The minimum atomic E-state index is -0.845. The van der Waals surface area contributed by atoms with Gasteiger partial charge in [-0.3, -0.25) is 4.79 Å². The number of nitrogen functional groups attached to an aromatic ring is 1. The molecule has 3 aromatic rings. The smallest absolute Gasteiger partial charge is 0.292 e. The average molecular weight is 396 g/mol. The second-order valence-electron chi connectivity index (χ2n) is 7.76. The fraction of sp³-hybridized carbons (Fsp3) is 0.364. The van der Waals surface area contributed by atoms with Gasteiger partial charge in [0, 0.05) is 24.7 Å². The van der Waals surface area contributed by atoms with Gasteiger partial charge in [-0.15, -0.1) is 0 Å². The van der Waals surface area contributed by atoms with Crippen molar-refractivity contribution in [1.82, 2.24) is 9.88 Å². The molecule has 29 heavy (non-hydrogen) atoms. The Morgan fingerprint density at radius 3 is 2.59 bits per heavy atom. The number of amides is 1. The molecule has 0 fully saturated rings. The van der Waals surface area contributed by atoms with E-state index in [9.17, 15) is 9.90 Å². The Morgan fingerprint density at radius 1 is 1.17 bits per heavy atom. The molecule has 1 heterocycles. The zero-order valence-electron chi connectivity index (χ0n) is 16.8. The second-order valence-corrected chi connectivity index (χ2v) is 7.76. The first-order valence-electron chi connectivity index (χ1n) is 9.76. The lowest BCUT2D eigenvalue weighted by Crippen LogP contribution is -2.47. The Kier molecular flexibility index (Phi) is 6.51. The second kappa shape index (κ2) is 9.07. The number of hydrogen-bond donors (Lipinski definition) is 3. The standard InChI is InChI=1S/C22H28N4O3/c1-14(2)12-26(13-19(27)17(23)10-15-6-4-3-5-7-15)21(28)16-8-9-18-20(11-16)29-22(24)25-18/h3-9,11,14,17,19,27H,10,12-13,23H2,1-2H3,(H2,24,25)/t17-,19+/m0/s1. The number of aliphatic hydroxyl groups excluding tert-OH is 1. The predicted octanol–water partition coefficient (Wildman–Crippen LogP) is 2.44. The van der Waals surface area contributed by atoms with Gasteiger partial charge in [0.2, 0.25) is 0 Å². The minimum absolute atomic E-state index is 0.0611. The van der Waals surface area contributed by atoms with Crippen molar-refractivity contribution in [2.24, 2.45) is 11.7 Å². The largest absolute Gasteiger partial charge is 0.424 e. The van der Waals surface area contributed by atoms with Gasteiger partial charge in [-0.25, -0.2) is 0 Å². The summed E-state index contributed by atoms with van der Waals surface area (Å²) in [6.07, 6.45) is -0.308. The molecule has 0 bridgehead atoms. The molecule has 2 aromatic carbocycles. The molecular formula is C22H28N4O3. The minimum Gasteiger partial charge on any atom is -0.424 e. The first-order chi connectivity index (χ1) is 13.8. The van der Waals surface area contributed by atoms with Crippen molar-refractivity contribution in [2.75, 3.05) is 18.8 Å². The number of oxazole rings is 1. The molecule has 1 amide bonds. The van der Waals surface area contributed by atoms with Gasteiger partial charge in [0.1, 0.15) is 5.52 Å². The summed E-state index contributed by atoms with van der Waals surface area (Å²) in [7, 11) is 0. The van der Waals surface area contributed by atoms with Crippen molar-refractivity contribution < 1.29 is 14.3 Å². The number of carbonyl (C=O) groups excluding carboxylic acids is 1. The van der Waals surface area contributed by atoms with Crippen molar-refractivity contribution in [2.45, 2.75) is 32.4 Å². The Hall–Kier alpha value is -2.90. The summed E-state index contributed by atoms with van der Waals surface area (Å²) in [6.45, 7) is 4.71. The third-order valence-electron chi connectivity index (χ3n) is 4.74. The summed E-state index contributed by atoms with van der Waals surface area (Å²) in [6, 6.07) is 14.4. The molecular weight excluding hydrogens is 368 g/mol. The van der Waals surface area contributed by atoms with Crippen molar-refractivity contribution in [1.29, 1.82) is 0 Å². The van der Waals surface area contributed by atoms with E-state index in [0.29, 0.717) is 29.6 Å². The van der Waals surface area contributed by atoms with Crippen LogP contribution in [0.1, 0.15) is 29.8 Å². The zero-order valence-corrected chi connectivity index (χ0v) is 16.8. The third-order valence-corrected chi connectivity index (χ3v) is 4.74. The van der Waals surface area contributed by atoms with Crippen molar-refractivity contribution in [3.63, 3.8) is 0 Å². The van der Waals surface area contributed by atoms with Gasteiger partial charge in [0.15, 0.2) is 5.58 Å². The van der Waals surface area contributed by atoms with Crippen molar-refractivity contribution in [3.05, 3.63) is 59.7 Å². The third kappa shape index (κ3) is 5.34. The van der Waals surface area contributed by atoms with Crippen LogP contribution in [0.4, 0.5) is 6.01 Å². The van der Waals surface area contributed by atoms with Crippen LogP contribution in [-0.2, 0) is 6.42 Å². The van der Waals surface area contributed by atoms with E-state index in [4.69, 9.17) is 15.9 Å². The maximum atomic E-state index is 13.1. The summed E-state index contributed by atoms with van der Waals surface area (Å²) in [5, 5.41) is 10.7. The fourth-order valence-corrected chi connectivity index (χ4v) is 3.32. The number of hydrogen-bond acceptors (Lipinski definition) is 6. The fourth-order valence-electron chi connectivity index (χ4n) is 3.32. The summed E-state index contributed by atoms with van der Waals surface area (Å²) in [5.74, 6) is 0.0442. The number of benzene rings is 2. The predicted molar refractivity (Wildman–Crippen MR) is 113 cm³/mol. The first-order valence-corrected chi connectivity index (χ1v) is 9.76. The quantitative estimate of drug-likeness (QED) is 0.538. The topological polar surface area (TPSA) is 119 Å². The van der Waals surface area contributed by atoms with E-state index in [1.165, 1.54) is 0 Å². The van der Waals surface area contributed by atoms with Gasteiger partial charge in [-0.2, -0.15) is 4.98 Å². The summed E-state index contributed by atoms with van der Waals surface area (Å²) in [5.41, 5.74) is 14.4. The van der Waals surface area contributed by atoms with Crippen LogP contribution in [0.5, 0.6) is 0 Å². The molecule has 0 spiro atoms. The molecule has 0 saturated heterocycles. The molecule has 0 saturated carbocycles. The van der Waals surface area contributed by atoms with Gasteiger partial charge in [-0.1, -0.05) is 44.2 Å². The Morgan fingerprint density at radius 2 is 1.90 bits per heavy atom. The lowest BCUT2D eigenvalue weighted by atomic mass is 10.0. The van der Waals surface area contributed by atoms with Crippen LogP contribution in [0.15, 0.2) is 52.9 Å². The number of carbonyl (C=O) groups is 1.